The maximum atomic E-state index is 12.4. The van der Waals surface area contributed by atoms with Crippen molar-refractivity contribution < 1.29 is 19.1 Å². The van der Waals surface area contributed by atoms with Gasteiger partial charge in [0.1, 0.15) is 11.9 Å². The number of rotatable bonds is 8. The van der Waals surface area contributed by atoms with E-state index in [4.69, 9.17) is 9.47 Å². The van der Waals surface area contributed by atoms with Gasteiger partial charge in [-0.15, -0.1) is 0 Å². The number of nitrogens with one attached hydrogen (secondary N) is 1. The molecule has 0 spiro atoms. The van der Waals surface area contributed by atoms with Crippen LogP contribution < -0.4 is 10.1 Å². The minimum absolute atomic E-state index is 0.0320. The van der Waals surface area contributed by atoms with Crippen LogP contribution in [0.1, 0.15) is 72.6 Å². The molecule has 1 saturated carbocycles. The van der Waals surface area contributed by atoms with Crippen molar-refractivity contribution in [1.82, 2.24) is 0 Å². The van der Waals surface area contributed by atoms with Crippen LogP contribution in [-0.2, 0) is 4.74 Å². The average molecular weight is 395 g/mol. The second kappa shape index (κ2) is 10.6. The first-order chi connectivity index (χ1) is 14.2. The summed E-state index contributed by atoms with van der Waals surface area (Å²) in [6.45, 7) is 2.79. The Labute approximate surface area is 172 Å². The van der Waals surface area contributed by atoms with Crippen LogP contribution in [0.4, 0.5) is 5.69 Å². The Balaban J connectivity index is 1.52. The standard InChI is InChI=1S/C24H29NO4/c1-2-3-17-28-21-15-11-18(12-16-21)23(26)25-20-13-9-19(10-14-20)24(27)29-22-7-5-4-6-8-22/h9-16,22H,2-8,17H2,1H3,(H,25,26). The van der Waals surface area contributed by atoms with Gasteiger partial charge < -0.3 is 14.8 Å². The molecule has 1 aliphatic carbocycles. The van der Waals surface area contributed by atoms with E-state index in [2.05, 4.69) is 12.2 Å². The summed E-state index contributed by atoms with van der Waals surface area (Å²) in [4.78, 5) is 24.7. The molecular formula is C24H29NO4. The Bertz CT molecular complexity index is 793. The molecule has 0 bridgehead atoms. The minimum Gasteiger partial charge on any atom is -0.494 e. The van der Waals surface area contributed by atoms with Crippen molar-refractivity contribution in [2.24, 2.45) is 0 Å². The molecule has 2 aromatic carbocycles. The molecule has 1 N–H and O–H groups in total. The van der Waals surface area contributed by atoms with Gasteiger partial charge in [-0.05, 0) is 80.6 Å². The van der Waals surface area contributed by atoms with Crippen molar-refractivity contribution >= 4 is 17.6 Å². The number of ether oxygens (including phenoxy) is 2. The van der Waals surface area contributed by atoms with E-state index in [9.17, 15) is 9.59 Å². The predicted octanol–water partition coefficient (Wildman–Crippen LogP) is 5.61. The second-order valence-electron chi connectivity index (χ2n) is 7.42. The summed E-state index contributed by atoms with van der Waals surface area (Å²) in [6, 6.07) is 13.9. The van der Waals surface area contributed by atoms with Crippen molar-refractivity contribution in [3.8, 4) is 5.75 Å². The molecule has 1 amide bonds. The smallest absolute Gasteiger partial charge is 0.338 e. The van der Waals surface area contributed by atoms with Gasteiger partial charge in [0, 0.05) is 11.3 Å². The zero-order valence-corrected chi connectivity index (χ0v) is 17.0. The Kier molecular flexibility index (Phi) is 7.68. The topological polar surface area (TPSA) is 64.6 Å². The van der Waals surface area contributed by atoms with E-state index in [0.717, 1.165) is 44.3 Å². The van der Waals surface area contributed by atoms with Crippen molar-refractivity contribution in [3.05, 3.63) is 59.7 Å². The Hall–Kier alpha value is -2.82. The molecule has 0 aliphatic heterocycles. The summed E-state index contributed by atoms with van der Waals surface area (Å²) in [7, 11) is 0. The lowest BCUT2D eigenvalue weighted by Crippen LogP contribution is -2.20. The fraction of sp³-hybridized carbons (Fsp3) is 0.417. The zero-order chi connectivity index (χ0) is 20.5. The number of carbonyl (C=O) groups is 2. The van der Waals surface area contributed by atoms with Crippen molar-refractivity contribution in [1.29, 1.82) is 0 Å². The number of unbranched alkanes of at least 4 members (excludes halogenated alkanes) is 1. The first-order valence-electron chi connectivity index (χ1n) is 10.5. The van der Waals surface area contributed by atoms with E-state index in [1.54, 1.807) is 48.5 Å². The number of benzene rings is 2. The van der Waals surface area contributed by atoms with Crippen LogP contribution in [0.15, 0.2) is 48.5 Å². The highest BCUT2D eigenvalue weighted by atomic mass is 16.5. The maximum absolute atomic E-state index is 12.4. The van der Waals surface area contributed by atoms with E-state index in [0.29, 0.717) is 23.4 Å². The first kappa shape index (κ1) is 20.9. The molecule has 0 saturated heterocycles. The molecule has 1 aliphatic rings. The van der Waals surface area contributed by atoms with Crippen molar-refractivity contribution in [3.63, 3.8) is 0 Å². The van der Waals surface area contributed by atoms with Gasteiger partial charge >= 0.3 is 5.97 Å². The van der Waals surface area contributed by atoms with E-state index in [1.807, 2.05) is 0 Å². The van der Waals surface area contributed by atoms with Crippen LogP contribution in [-0.4, -0.2) is 24.6 Å². The summed E-state index contributed by atoms with van der Waals surface area (Å²) < 4.78 is 11.2. The monoisotopic (exact) mass is 395 g/mol. The van der Waals surface area contributed by atoms with Crippen LogP contribution in [0.5, 0.6) is 5.75 Å². The summed E-state index contributed by atoms with van der Waals surface area (Å²) >= 11 is 0. The van der Waals surface area contributed by atoms with E-state index in [1.165, 1.54) is 6.42 Å². The number of carbonyl (C=O) groups excluding carboxylic acids is 2. The maximum Gasteiger partial charge on any atom is 0.338 e. The molecule has 0 atom stereocenters. The molecule has 1 fully saturated rings. The van der Waals surface area contributed by atoms with Gasteiger partial charge in [0.25, 0.3) is 5.91 Å². The SMILES string of the molecule is CCCCOc1ccc(C(=O)Nc2ccc(C(=O)OC3CCCCC3)cc2)cc1. The lowest BCUT2D eigenvalue weighted by atomic mass is 9.98. The van der Waals surface area contributed by atoms with Crippen LogP contribution in [0.25, 0.3) is 0 Å². The van der Waals surface area contributed by atoms with Crippen LogP contribution >= 0.6 is 0 Å². The van der Waals surface area contributed by atoms with Crippen molar-refractivity contribution in [2.45, 2.75) is 58.0 Å². The summed E-state index contributed by atoms with van der Waals surface area (Å²) in [5.74, 6) is 0.256. The van der Waals surface area contributed by atoms with Crippen LogP contribution in [0.2, 0.25) is 0 Å². The second-order valence-corrected chi connectivity index (χ2v) is 7.42. The van der Waals surface area contributed by atoms with Gasteiger partial charge in [-0.3, -0.25) is 4.79 Å². The Morgan fingerprint density at radius 1 is 0.931 bits per heavy atom. The first-order valence-corrected chi connectivity index (χ1v) is 10.5. The van der Waals surface area contributed by atoms with E-state index < -0.39 is 0 Å². The average Bonchev–Trinajstić information content (AvgIpc) is 2.75. The normalized spacial score (nSPS) is 14.2. The molecule has 5 heteroatoms. The predicted molar refractivity (Wildman–Crippen MR) is 114 cm³/mol. The molecular weight excluding hydrogens is 366 g/mol. The van der Waals surface area contributed by atoms with Gasteiger partial charge in [-0.1, -0.05) is 19.8 Å². The van der Waals surface area contributed by atoms with Crippen LogP contribution in [0.3, 0.4) is 0 Å². The number of hydrogen-bond acceptors (Lipinski definition) is 4. The highest BCUT2D eigenvalue weighted by Gasteiger charge is 2.18. The van der Waals surface area contributed by atoms with Gasteiger partial charge in [-0.2, -0.15) is 0 Å². The Morgan fingerprint density at radius 3 is 2.24 bits per heavy atom. The lowest BCUT2D eigenvalue weighted by molar-refractivity contribution is 0.0211. The van der Waals surface area contributed by atoms with Gasteiger partial charge in [0.05, 0.1) is 12.2 Å². The van der Waals surface area contributed by atoms with Gasteiger partial charge in [0.15, 0.2) is 0 Å². The van der Waals surface area contributed by atoms with Gasteiger partial charge in [0.2, 0.25) is 0 Å². The molecule has 29 heavy (non-hydrogen) atoms. The number of anilines is 1. The number of hydrogen-bond donors (Lipinski definition) is 1. The third-order valence-electron chi connectivity index (χ3n) is 5.09. The van der Waals surface area contributed by atoms with Crippen molar-refractivity contribution in [2.75, 3.05) is 11.9 Å². The van der Waals surface area contributed by atoms with E-state index in [-0.39, 0.29) is 18.0 Å². The van der Waals surface area contributed by atoms with Crippen LogP contribution in [0, 0.1) is 0 Å². The zero-order valence-electron chi connectivity index (χ0n) is 17.0. The third-order valence-corrected chi connectivity index (χ3v) is 5.09. The summed E-state index contributed by atoms with van der Waals surface area (Å²) in [6.07, 6.45) is 7.47. The molecule has 0 unspecified atom stereocenters. The molecule has 0 aromatic heterocycles. The highest BCUT2D eigenvalue weighted by Crippen LogP contribution is 2.22. The fourth-order valence-electron chi connectivity index (χ4n) is 3.33. The third kappa shape index (κ3) is 6.34. The summed E-state index contributed by atoms with van der Waals surface area (Å²) in [5, 5.41) is 2.85. The quantitative estimate of drug-likeness (QED) is 0.466. The molecule has 5 nitrogen and oxygen atoms in total. The molecule has 3 rings (SSSR count). The highest BCUT2D eigenvalue weighted by molar-refractivity contribution is 6.04. The minimum atomic E-state index is -0.298. The summed E-state index contributed by atoms with van der Waals surface area (Å²) in [5.41, 5.74) is 1.68. The Morgan fingerprint density at radius 2 is 1.59 bits per heavy atom. The molecule has 2 aromatic rings. The number of amides is 1. The number of esters is 1. The fourth-order valence-corrected chi connectivity index (χ4v) is 3.33. The molecule has 0 radical (unpaired) electrons. The van der Waals surface area contributed by atoms with Gasteiger partial charge in [-0.25, -0.2) is 4.79 Å². The molecule has 0 heterocycles. The van der Waals surface area contributed by atoms with E-state index >= 15 is 0 Å². The lowest BCUT2D eigenvalue weighted by Gasteiger charge is -2.21. The molecule has 154 valence electrons. The largest absolute Gasteiger partial charge is 0.494 e.